The van der Waals surface area contributed by atoms with Crippen molar-refractivity contribution in [2.24, 2.45) is 30.7 Å². The number of para-hydroxylation sites is 1. The number of ether oxygens (including phenoxy) is 1. The third-order valence-electron chi connectivity index (χ3n) is 7.95. The molecular formula is C35H32N10O9S3. The summed E-state index contributed by atoms with van der Waals surface area (Å²) >= 11 is 2.82. The number of phenols is 2. The molecule has 57 heavy (non-hydrogen) atoms. The highest BCUT2D eigenvalue weighted by Gasteiger charge is 2.21. The molecule has 6 rings (SSSR count). The van der Waals surface area contributed by atoms with Gasteiger partial charge in [-0.15, -0.1) is 35.8 Å². The van der Waals surface area contributed by atoms with E-state index in [0.29, 0.717) is 32.8 Å². The van der Waals surface area contributed by atoms with Crippen molar-refractivity contribution in [3.63, 3.8) is 0 Å². The summed E-state index contributed by atoms with van der Waals surface area (Å²) in [6.07, 6.45) is -0.00613. The van der Waals surface area contributed by atoms with Crippen molar-refractivity contribution in [1.82, 2.24) is 20.0 Å². The molecule has 0 saturated carbocycles. The first-order valence-electron chi connectivity index (χ1n) is 16.8. The largest absolute Gasteiger partial charge is 0.505 e. The van der Waals surface area contributed by atoms with E-state index in [2.05, 4.69) is 46.0 Å². The van der Waals surface area contributed by atoms with E-state index in [1.165, 1.54) is 47.4 Å². The van der Waals surface area contributed by atoms with Gasteiger partial charge in [-0.1, -0.05) is 42.2 Å². The van der Waals surface area contributed by atoms with E-state index in [1.54, 1.807) is 50.2 Å². The van der Waals surface area contributed by atoms with Crippen LogP contribution >= 0.6 is 23.1 Å². The minimum Gasteiger partial charge on any atom is -0.505 e. The van der Waals surface area contributed by atoms with E-state index in [9.17, 15) is 33.6 Å². The summed E-state index contributed by atoms with van der Waals surface area (Å²) in [7, 11) is -4.19. The molecule has 6 aromatic rings. The number of nitrogens with zero attached hydrogens (tertiary/aromatic N) is 10. The Balaban J connectivity index is 1.24. The Kier molecular flexibility index (Phi) is 12.2. The van der Waals surface area contributed by atoms with Gasteiger partial charge < -0.3 is 25.2 Å². The van der Waals surface area contributed by atoms with Gasteiger partial charge in [0, 0.05) is 11.5 Å². The smallest absolute Gasteiger partial charge is 0.339 e. The van der Waals surface area contributed by atoms with Gasteiger partial charge in [0.2, 0.25) is 5.88 Å². The van der Waals surface area contributed by atoms with Gasteiger partial charge >= 0.3 is 5.97 Å². The molecule has 0 spiro atoms. The summed E-state index contributed by atoms with van der Waals surface area (Å²) in [5.41, 5.74) is 1.59. The zero-order valence-corrected chi connectivity index (χ0v) is 32.6. The van der Waals surface area contributed by atoms with E-state index < -0.39 is 33.5 Å². The summed E-state index contributed by atoms with van der Waals surface area (Å²) in [6, 6.07) is 15.2. The Bertz CT molecular complexity index is 2700. The van der Waals surface area contributed by atoms with Crippen molar-refractivity contribution < 1.29 is 42.9 Å². The first-order chi connectivity index (χ1) is 27.2. The van der Waals surface area contributed by atoms with Crippen LogP contribution in [0.5, 0.6) is 23.1 Å². The number of fused-ring (bicyclic) bond motifs is 1. The summed E-state index contributed by atoms with van der Waals surface area (Å²) in [4.78, 5) is 11.5. The van der Waals surface area contributed by atoms with Crippen molar-refractivity contribution in [3.05, 3.63) is 77.5 Å². The predicted molar refractivity (Wildman–Crippen MR) is 211 cm³/mol. The molecule has 0 aliphatic rings. The van der Waals surface area contributed by atoms with Gasteiger partial charge in [-0.25, -0.2) is 4.79 Å². The minimum absolute atomic E-state index is 0.00613. The molecular weight excluding hydrogens is 801 g/mol. The predicted octanol–water partition coefficient (Wildman–Crippen LogP) is 9.32. The monoisotopic (exact) mass is 832 g/mol. The molecule has 294 valence electrons. The van der Waals surface area contributed by atoms with Crippen LogP contribution in [0.2, 0.25) is 0 Å². The minimum atomic E-state index is -4.19. The van der Waals surface area contributed by atoms with E-state index in [1.807, 2.05) is 6.92 Å². The van der Waals surface area contributed by atoms with Crippen molar-refractivity contribution in [1.29, 1.82) is 0 Å². The Hall–Kier alpha value is -6.36. The zero-order chi connectivity index (χ0) is 40.9. The average Bonchev–Trinajstić information content (AvgIpc) is 3.73. The summed E-state index contributed by atoms with van der Waals surface area (Å²) in [5.74, 6) is -2.08. The molecule has 0 fully saturated rings. The number of phenolic OH excluding ortho intramolecular Hbond substituents is 1. The maximum Gasteiger partial charge on any atom is 0.339 e. The van der Waals surface area contributed by atoms with E-state index in [-0.39, 0.29) is 58.5 Å². The molecule has 22 heteroatoms. The van der Waals surface area contributed by atoms with E-state index >= 15 is 0 Å². The molecule has 0 amide bonds. The number of hydrogen-bond acceptors (Lipinski definition) is 18. The number of azo groups is 3. The molecule has 5 N–H and O–H groups in total. The number of carboxylic acids is 1. The first kappa shape index (κ1) is 40.3. The molecule has 0 atom stereocenters. The zero-order valence-electron chi connectivity index (χ0n) is 30.2. The van der Waals surface area contributed by atoms with Gasteiger partial charge in [0.1, 0.15) is 28.4 Å². The van der Waals surface area contributed by atoms with Crippen molar-refractivity contribution in [3.8, 4) is 28.8 Å². The molecule has 0 bridgehead atoms. The Morgan fingerprint density at radius 1 is 0.895 bits per heavy atom. The molecule has 0 unspecified atom stereocenters. The van der Waals surface area contributed by atoms with Crippen LogP contribution in [0.15, 0.2) is 95.7 Å². The van der Waals surface area contributed by atoms with Crippen molar-refractivity contribution in [2.45, 2.75) is 31.5 Å². The number of aromatic hydroxyl groups is 3. The second-order valence-electron chi connectivity index (χ2n) is 12.0. The maximum absolute atomic E-state index is 11.5. The standard InChI is InChI=1S/C35H32N10O9S3/c1-4-55-35-43-42-34(56-35)41-38-25-17-28(54-13-6-14-57(51,52)53)26(15-18(25)2)39-37-24-12-9-20-16-21(10-11-22(20)30(24)46)36-40-29-19(3)44-45(32(29)48)27-8-5-7-23(31(27)47)33(49)50/h5,7-12,15-17,46-48H,4,6,13-14H2,1-3H3,(H,49,50)(H,51,52,53). The normalized spacial score (nSPS) is 12.1. The molecule has 19 nitrogen and oxygen atoms in total. The van der Waals surface area contributed by atoms with Gasteiger partial charge in [-0.3, -0.25) is 4.55 Å². The summed E-state index contributed by atoms with van der Waals surface area (Å²) in [5, 5.41) is 80.9. The lowest BCUT2D eigenvalue weighted by molar-refractivity contribution is 0.0693. The van der Waals surface area contributed by atoms with Gasteiger partial charge in [-0.2, -0.15) is 23.3 Å². The molecule has 2 aromatic heterocycles. The quantitative estimate of drug-likeness (QED) is 0.0279. The number of thioether (sulfide) groups is 1. The summed E-state index contributed by atoms with van der Waals surface area (Å²) < 4.78 is 39.1. The second-order valence-corrected chi connectivity index (χ2v) is 16.0. The fourth-order valence-corrected chi connectivity index (χ4v) is 7.26. The van der Waals surface area contributed by atoms with Crippen LogP contribution in [0.3, 0.4) is 0 Å². The number of aryl methyl sites for hydroxylation is 2. The lowest BCUT2D eigenvalue weighted by Crippen LogP contribution is -2.08. The molecule has 0 radical (unpaired) electrons. The number of benzene rings is 4. The number of aromatic nitrogens is 4. The third kappa shape index (κ3) is 9.55. The van der Waals surface area contributed by atoms with E-state index in [4.69, 9.17) is 9.29 Å². The molecule has 0 aliphatic carbocycles. The van der Waals surface area contributed by atoms with E-state index in [0.717, 1.165) is 14.8 Å². The number of carboxylic acid groups (broad SMARTS) is 1. The Morgan fingerprint density at radius 3 is 2.42 bits per heavy atom. The lowest BCUT2D eigenvalue weighted by atomic mass is 10.1. The van der Waals surface area contributed by atoms with Crippen LogP contribution in [0.25, 0.3) is 16.5 Å². The maximum atomic E-state index is 11.5. The fourth-order valence-electron chi connectivity index (χ4n) is 5.22. The summed E-state index contributed by atoms with van der Waals surface area (Å²) in [6.45, 7) is 5.25. The van der Waals surface area contributed by atoms with Gasteiger partial charge in [-0.05, 0) is 79.4 Å². The van der Waals surface area contributed by atoms with Crippen LogP contribution in [0.1, 0.15) is 35.0 Å². The second kappa shape index (κ2) is 17.2. The fraction of sp³-hybridized carbons (Fsp3) is 0.200. The van der Waals surface area contributed by atoms with Crippen LogP contribution in [-0.4, -0.2) is 77.5 Å². The number of aromatic carboxylic acids is 1. The molecule has 4 aromatic carbocycles. The Morgan fingerprint density at radius 2 is 1.67 bits per heavy atom. The third-order valence-corrected chi connectivity index (χ3v) is 10.6. The van der Waals surface area contributed by atoms with Crippen LogP contribution < -0.4 is 4.74 Å². The average molecular weight is 833 g/mol. The van der Waals surface area contributed by atoms with Gasteiger partial charge in [0.05, 0.1) is 29.4 Å². The van der Waals surface area contributed by atoms with Crippen LogP contribution in [0.4, 0.5) is 33.6 Å². The van der Waals surface area contributed by atoms with Crippen molar-refractivity contribution >= 4 is 83.5 Å². The van der Waals surface area contributed by atoms with Crippen molar-refractivity contribution in [2.75, 3.05) is 18.1 Å². The topological polar surface area (TPSA) is 279 Å². The van der Waals surface area contributed by atoms with Crippen LogP contribution in [0, 0.1) is 13.8 Å². The lowest BCUT2D eigenvalue weighted by Gasteiger charge is -2.11. The number of rotatable bonds is 15. The first-order valence-corrected chi connectivity index (χ1v) is 20.2. The number of carbonyl (C=O) groups is 1. The molecule has 0 aliphatic heterocycles. The van der Waals surface area contributed by atoms with Gasteiger partial charge in [0.15, 0.2) is 21.5 Å². The highest BCUT2D eigenvalue weighted by molar-refractivity contribution is 8.01. The highest BCUT2D eigenvalue weighted by atomic mass is 32.2. The molecule has 2 heterocycles. The SMILES string of the molecule is CCSc1nnc(N=Nc2cc(OCCCS(=O)(=O)O)c(N=Nc3ccc4cc(N=Nc5c(C)nn(-c6cccc(C(=O)O)c6O)c5O)ccc4c3O)cc2C)s1. The molecule has 0 saturated heterocycles. The Labute approximate surface area is 331 Å². The van der Waals surface area contributed by atoms with Gasteiger partial charge in [0.25, 0.3) is 15.2 Å². The van der Waals surface area contributed by atoms with Crippen LogP contribution in [-0.2, 0) is 10.1 Å². The number of hydrogen-bond donors (Lipinski definition) is 5. The highest BCUT2D eigenvalue weighted by Crippen LogP contribution is 2.42.